The number of nitrogens with zero attached hydrogens (tertiary/aromatic N) is 2. The molecule has 3 amide bonds. The molecule has 3 heterocycles. The van der Waals surface area contributed by atoms with Crippen LogP contribution in [0, 0.1) is 0 Å². The van der Waals surface area contributed by atoms with Gasteiger partial charge in [0.2, 0.25) is 5.91 Å². The number of amides is 3. The van der Waals surface area contributed by atoms with Gasteiger partial charge in [-0.15, -0.1) is 0 Å². The van der Waals surface area contributed by atoms with Crippen molar-refractivity contribution in [3.8, 4) is 22.6 Å². The predicted molar refractivity (Wildman–Crippen MR) is 223 cm³/mol. The van der Waals surface area contributed by atoms with E-state index in [2.05, 4.69) is 22.3 Å². The summed E-state index contributed by atoms with van der Waals surface area (Å²) in [6.45, 7) is 2.43. The monoisotopic (exact) mass is 811 g/mol. The number of rotatable bonds is 13. The Kier molecular flexibility index (Phi) is 12.5. The number of hydrogen-bond donors (Lipinski definition) is 2. The van der Waals surface area contributed by atoms with Gasteiger partial charge in [-0.3, -0.25) is 19.4 Å². The minimum atomic E-state index is -0.999. The fraction of sp³-hybridized carbons (Fsp3) is 0.312. The first-order valence-electron chi connectivity index (χ1n) is 20.2. The molecule has 0 spiro atoms. The number of ether oxygens (including phenoxy) is 5. The molecule has 0 radical (unpaired) electrons. The first-order chi connectivity index (χ1) is 29.3. The fourth-order valence-corrected chi connectivity index (χ4v) is 8.22. The van der Waals surface area contributed by atoms with Gasteiger partial charge in [0.15, 0.2) is 17.8 Å². The van der Waals surface area contributed by atoms with Crippen molar-refractivity contribution in [2.45, 2.75) is 70.1 Å². The minimum absolute atomic E-state index is 0.0306. The molecule has 12 nitrogen and oxygen atoms in total. The molecule has 60 heavy (non-hydrogen) atoms. The zero-order valence-electron chi connectivity index (χ0n) is 33.8. The Morgan fingerprint density at radius 2 is 1.52 bits per heavy atom. The number of alkyl carbamates (subject to hydrolysis) is 1. The first-order valence-corrected chi connectivity index (χ1v) is 20.2. The van der Waals surface area contributed by atoms with Gasteiger partial charge in [-0.25, -0.2) is 4.79 Å². The smallest absolute Gasteiger partial charge is 0.408 e. The number of carbonyl (C=O) groups is 3. The summed E-state index contributed by atoms with van der Waals surface area (Å²) in [6, 6.07) is 35.9. The molecule has 2 N–H and O–H groups in total. The van der Waals surface area contributed by atoms with E-state index < -0.39 is 24.3 Å². The number of likely N-dealkylation sites (tertiary alicyclic amines) is 1. The molecule has 3 aliphatic heterocycles. The topological polar surface area (TPSA) is 136 Å². The number of nitrogens with one attached hydrogen (secondary N) is 1. The van der Waals surface area contributed by atoms with Gasteiger partial charge >= 0.3 is 6.09 Å². The fourth-order valence-electron chi connectivity index (χ4n) is 8.22. The van der Waals surface area contributed by atoms with E-state index in [0.29, 0.717) is 13.0 Å². The summed E-state index contributed by atoms with van der Waals surface area (Å²) >= 11 is 0. The molecule has 3 aliphatic rings. The van der Waals surface area contributed by atoms with E-state index >= 15 is 0 Å². The maximum atomic E-state index is 13.4. The third kappa shape index (κ3) is 9.22. The average Bonchev–Trinajstić information content (AvgIpc) is 3.55. The molecule has 4 atom stereocenters. The van der Waals surface area contributed by atoms with Crippen LogP contribution in [0.25, 0.3) is 11.1 Å². The van der Waals surface area contributed by atoms with Crippen molar-refractivity contribution in [2.24, 2.45) is 0 Å². The second-order valence-electron chi connectivity index (χ2n) is 15.4. The Balaban J connectivity index is 0.957. The third-order valence-electron chi connectivity index (χ3n) is 11.5. The zero-order chi connectivity index (χ0) is 41.6. The lowest BCUT2D eigenvalue weighted by atomic mass is 9.96. The highest BCUT2D eigenvalue weighted by Crippen LogP contribution is 2.40. The van der Waals surface area contributed by atoms with E-state index in [1.807, 2.05) is 103 Å². The number of carbonyl (C=O) groups excluding carboxylic acids is 3. The van der Waals surface area contributed by atoms with Crippen LogP contribution in [0.15, 0.2) is 115 Å². The molecule has 2 saturated heterocycles. The van der Waals surface area contributed by atoms with Gasteiger partial charge in [0.1, 0.15) is 12.6 Å². The summed E-state index contributed by atoms with van der Waals surface area (Å²) in [5, 5.41) is 12.2. The Morgan fingerprint density at radius 3 is 2.25 bits per heavy atom. The van der Waals surface area contributed by atoms with Crippen LogP contribution in [0.5, 0.6) is 11.5 Å². The van der Waals surface area contributed by atoms with Gasteiger partial charge in [-0.1, -0.05) is 103 Å². The summed E-state index contributed by atoms with van der Waals surface area (Å²) in [5.41, 5.74) is 8.55. The largest absolute Gasteiger partial charge is 0.493 e. The molecule has 8 rings (SSSR count). The second-order valence-corrected chi connectivity index (χ2v) is 15.4. The van der Waals surface area contributed by atoms with Gasteiger partial charge in [0.05, 0.1) is 46.0 Å². The molecule has 0 aliphatic carbocycles. The van der Waals surface area contributed by atoms with Crippen LogP contribution < -0.4 is 14.8 Å². The van der Waals surface area contributed by atoms with E-state index in [0.717, 1.165) is 70.0 Å². The molecule has 2 fully saturated rings. The van der Waals surface area contributed by atoms with Crippen molar-refractivity contribution in [1.29, 1.82) is 0 Å². The van der Waals surface area contributed by atoms with E-state index in [9.17, 15) is 19.5 Å². The molecule has 0 aromatic heterocycles. The molecule has 12 heteroatoms. The highest BCUT2D eigenvalue weighted by atomic mass is 16.7. The lowest BCUT2D eigenvalue weighted by Crippen LogP contribution is -2.41. The van der Waals surface area contributed by atoms with Crippen molar-refractivity contribution >= 4 is 17.9 Å². The Bertz CT molecular complexity index is 2300. The molecule has 0 saturated carbocycles. The summed E-state index contributed by atoms with van der Waals surface area (Å²) in [6.07, 6.45) is -0.347. The maximum absolute atomic E-state index is 13.4. The SMILES string of the molecule is COc1cc2c(cc1OC)CN(C[C@@H]1C[C@H](c3ccc(CO)cc3)O[C@H](c3ccc(-c4ccccc4CN4C(=O)CC(NC(=O)OCc5ccccc5)C4=O)cc3)O1)CC2. The highest BCUT2D eigenvalue weighted by molar-refractivity contribution is 6.06. The zero-order valence-corrected chi connectivity index (χ0v) is 33.8. The Morgan fingerprint density at radius 1 is 0.817 bits per heavy atom. The summed E-state index contributed by atoms with van der Waals surface area (Å²) in [4.78, 5) is 42.6. The standard InChI is InChI=1S/C48H49N3O9/c1-56-43-22-36-20-21-50(26-38(36)23-44(43)57-2)28-39-24-42(34-14-12-31(29-52)13-15-34)60-47(59-39)35-18-16-33(17-19-35)40-11-7-6-10-37(40)27-51-45(53)25-41(46(51)54)49-48(55)58-30-32-8-4-3-5-9-32/h3-19,22-23,39,41-42,47,52H,20-21,24-30H2,1-2H3,(H,49,55)/t39-,41?,42+,47+/m0/s1. The van der Waals surface area contributed by atoms with E-state index in [-0.39, 0.29) is 44.3 Å². The van der Waals surface area contributed by atoms with Gasteiger partial charge in [-0.2, -0.15) is 0 Å². The summed E-state index contributed by atoms with van der Waals surface area (Å²) in [5.74, 6) is 0.616. The van der Waals surface area contributed by atoms with Gasteiger partial charge < -0.3 is 34.1 Å². The average molecular weight is 812 g/mol. The number of imide groups is 1. The van der Waals surface area contributed by atoms with Gasteiger partial charge in [0, 0.05) is 31.6 Å². The number of methoxy groups -OCH3 is 2. The van der Waals surface area contributed by atoms with Crippen molar-refractivity contribution in [3.05, 3.63) is 154 Å². The Labute approximate surface area is 349 Å². The molecular weight excluding hydrogens is 763 g/mol. The predicted octanol–water partition coefficient (Wildman–Crippen LogP) is 7.02. The highest BCUT2D eigenvalue weighted by Gasteiger charge is 2.40. The van der Waals surface area contributed by atoms with Gasteiger partial charge in [0.25, 0.3) is 5.91 Å². The molecule has 1 unspecified atom stereocenters. The van der Waals surface area contributed by atoms with Crippen LogP contribution in [0.2, 0.25) is 0 Å². The number of fused-ring (bicyclic) bond motifs is 1. The molecule has 5 aromatic rings. The Hall–Kier alpha value is -6.05. The third-order valence-corrected chi connectivity index (χ3v) is 11.5. The van der Waals surface area contributed by atoms with E-state index in [1.54, 1.807) is 14.2 Å². The van der Waals surface area contributed by atoms with Crippen LogP contribution in [0.4, 0.5) is 4.79 Å². The van der Waals surface area contributed by atoms with Crippen molar-refractivity contribution in [1.82, 2.24) is 15.1 Å². The van der Waals surface area contributed by atoms with Crippen LogP contribution >= 0.6 is 0 Å². The number of benzene rings is 5. The van der Waals surface area contributed by atoms with Crippen LogP contribution in [-0.2, 0) is 56.5 Å². The summed E-state index contributed by atoms with van der Waals surface area (Å²) < 4.78 is 29.8. The minimum Gasteiger partial charge on any atom is -0.493 e. The van der Waals surface area contributed by atoms with Crippen LogP contribution in [0.1, 0.15) is 64.2 Å². The van der Waals surface area contributed by atoms with Gasteiger partial charge in [-0.05, 0) is 63.1 Å². The lowest BCUT2D eigenvalue weighted by molar-refractivity contribution is -0.253. The quantitative estimate of drug-likeness (QED) is 0.120. The molecule has 5 aromatic carbocycles. The van der Waals surface area contributed by atoms with E-state index in [4.69, 9.17) is 23.7 Å². The first kappa shape index (κ1) is 40.7. The second kappa shape index (κ2) is 18.5. The summed E-state index contributed by atoms with van der Waals surface area (Å²) in [7, 11) is 3.31. The number of aliphatic hydroxyl groups is 1. The number of aliphatic hydroxyl groups excluding tert-OH is 1. The van der Waals surface area contributed by atoms with Crippen LogP contribution in [-0.4, -0.2) is 72.3 Å². The van der Waals surface area contributed by atoms with Crippen molar-refractivity contribution < 1.29 is 43.2 Å². The maximum Gasteiger partial charge on any atom is 0.408 e. The van der Waals surface area contributed by atoms with Crippen molar-refractivity contribution in [3.63, 3.8) is 0 Å². The van der Waals surface area contributed by atoms with Crippen molar-refractivity contribution in [2.75, 3.05) is 27.3 Å². The van der Waals surface area contributed by atoms with E-state index in [1.165, 1.54) is 16.0 Å². The van der Waals surface area contributed by atoms with Crippen LogP contribution in [0.3, 0.4) is 0 Å². The lowest BCUT2D eigenvalue weighted by Gasteiger charge is -2.39. The normalized spacial score (nSPS) is 20.4. The molecular formula is C48H49N3O9. The molecule has 310 valence electrons. The number of hydrogen-bond acceptors (Lipinski definition) is 10. The molecule has 0 bridgehead atoms.